The van der Waals surface area contributed by atoms with Crippen LogP contribution in [0, 0.1) is 5.92 Å². The predicted molar refractivity (Wildman–Crippen MR) is 63.6 cm³/mol. The van der Waals surface area contributed by atoms with Crippen LogP contribution in [-0.2, 0) is 0 Å². The summed E-state index contributed by atoms with van der Waals surface area (Å²) in [6.07, 6.45) is 0. The Labute approximate surface area is 94.7 Å². The van der Waals surface area contributed by atoms with Crippen LogP contribution in [0.4, 0.5) is 0 Å². The molecule has 0 radical (unpaired) electrons. The molecule has 15 heavy (non-hydrogen) atoms. The molecule has 0 aromatic heterocycles. The summed E-state index contributed by atoms with van der Waals surface area (Å²) in [6.45, 7) is 6.49. The van der Waals surface area contributed by atoms with Crippen molar-refractivity contribution in [3.05, 3.63) is 29.8 Å². The number of hydrogen-bond donors (Lipinski definition) is 1. The van der Waals surface area contributed by atoms with Crippen molar-refractivity contribution < 1.29 is 9.90 Å². The van der Waals surface area contributed by atoms with Gasteiger partial charge in [0, 0.05) is 10.1 Å². The molecule has 1 aromatic carbocycles. The lowest BCUT2D eigenvalue weighted by molar-refractivity contribution is 0.0696. The maximum Gasteiger partial charge on any atom is 0.335 e. The molecule has 0 fully saturated rings. The van der Waals surface area contributed by atoms with E-state index in [0.29, 0.717) is 16.7 Å². The highest BCUT2D eigenvalue weighted by Crippen LogP contribution is 2.28. The fourth-order valence-electron chi connectivity index (χ4n) is 1.05. The minimum absolute atomic E-state index is 0.357. The second kappa shape index (κ2) is 5.21. The first-order chi connectivity index (χ1) is 7.00. The van der Waals surface area contributed by atoms with Crippen molar-refractivity contribution in [2.75, 3.05) is 0 Å². The standard InChI is InChI=1S/C12H16O2S/c1-8(2)9(3)15-11-6-4-5-10(7-11)12(13)14/h4-9H,1-3H3,(H,13,14). The van der Waals surface area contributed by atoms with E-state index in [9.17, 15) is 4.79 Å². The number of aromatic carboxylic acids is 1. The highest BCUT2D eigenvalue weighted by atomic mass is 32.2. The summed E-state index contributed by atoms with van der Waals surface area (Å²) in [4.78, 5) is 11.8. The Hall–Kier alpha value is -0.960. The lowest BCUT2D eigenvalue weighted by Gasteiger charge is -2.14. The molecule has 0 saturated carbocycles. The van der Waals surface area contributed by atoms with Gasteiger partial charge in [0.05, 0.1) is 5.56 Å². The minimum Gasteiger partial charge on any atom is -0.478 e. The van der Waals surface area contributed by atoms with Gasteiger partial charge in [-0.3, -0.25) is 0 Å². The van der Waals surface area contributed by atoms with Gasteiger partial charge < -0.3 is 5.11 Å². The van der Waals surface area contributed by atoms with Crippen molar-refractivity contribution in [1.82, 2.24) is 0 Å². The molecule has 1 N–H and O–H groups in total. The van der Waals surface area contributed by atoms with Crippen LogP contribution in [0.25, 0.3) is 0 Å². The third kappa shape index (κ3) is 3.59. The van der Waals surface area contributed by atoms with Crippen LogP contribution >= 0.6 is 11.8 Å². The van der Waals surface area contributed by atoms with Crippen molar-refractivity contribution in [1.29, 1.82) is 0 Å². The molecule has 0 aliphatic carbocycles. The van der Waals surface area contributed by atoms with Crippen molar-refractivity contribution in [2.24, 2.45) is 5.92 Å². The SMILES string of the molecule is CC(C)C(C)Sc1cccc(C(=O)O)c1. The van der Waals surface area contributed by atoms with Gasteiger partial charge in [0.25, 0.3) is 0 Å². The fourth-order valence-corrected chi connectivity index (χ4v) is 2.11. The lowest BCUT2D eigenvalue weighted by Crippen LogP contribution is -2.05. The highest BCUT2D eigenvalue weighted by molar-refractivity contribution is 8.00. The van der Waals surface area contributed by atoms with Gasteiger partial charge in [-0.25, -0.2) is 4.79 Å². The Kier molecular flexibility index (Phi) is 4.21. The van der Waals surface area contributed by atoms with Gasteiger partial charge in [-0.15, -0.1) is 11.8 Å². The van der Waals surface area contributed by atoms with E-state index in [-0.39, 0.29) is 0 Å². The number of carbonyl (C=O) groups is 1. The number of carboxylic acid groups (broad SMARTS) is 1. The van der Waals surface area contributed by atoms with Crippen LogP contribution in [0.5, 0.6) is 0 Å². The lowest BCUT2D eigenvalue weighted by atomic mass is 10.2. The molecule has 0 spiro atoms. The molecule has 2 nitrogen and oxygen atoms in total. The smallest absolute Gasteiger partial charge is 0.335 e. The third-order valence-electron chi connectivity index (χ3n) is 2.34. The quantitative estimate of drug-likeness (QED) is 0.795. The molecule has 0 amide bonds. The molecule has 0 bridgehead atoms. The third-order valence-corrected chi connectivity index (χ3v) is 3.78. The molecule has 1 unspecified atom stereocenters. The van der Waals surface area contributed by atoms with E-state index in [2.05, 4.69) is 20.8 Å². The molecule has 1 rings (SSSR count). The van der Waals surface area contributed by atoms with Crippen LogP contribution in [-0.4, -0.2) is 16.3 Å². The second-order valence-electron chi connectivity index (χ2n) is 3.90. The fraction of sp³-hybridized carbons (Fsp3) is 0.417. The number of hydrogen-bond acceptors (Lipinski definition) is 2. The van der Waals surface area contributed by atoms with Crippen LogP contribution < -0.4 is 0 Å². The van der Waals surface area contributed by atoms with Crippen LogP contribution in [0.2, 0.25) is 0 Å². The summed E-state index contributed by atoms with van der Waals surface area (Å²) in [5, 5.41) is 9.34. The van der Waals surface area contributed by atoms with Crippen molar-refractivity contribution in [3.8, 4) is 0 Å². The van der Waals surface area contributed by atoms with Crippen LogP contribution in [0.15, 0.2) is 29.2 Å². The second-order valence-corrected chi connectivity index (χ2v) is 5.35. The van der Waals surface area contributed by atoms with E-state index in [1.165, 1.54) is 0 Å². The summed E-state index contributed by atoms with van der Waals surface area (Å²) in [7, 11) is 0. The Morgan fingerprint density at radius 1 is 1.33 bits per heavy atom. The number of rotatable bonds is 4. The Balaban J connectivity index is 2.78. The number of thioether (sulfide) groups is 1. The van der Waals surface area contributed by atoms with E-state index in [1.807, 2.05) is 6.07 Å². The molecule has 1 aromatic rings. The average molecular weight is 224 g/mol. The molecule has 0 aliphatic heterocycles. The normalized spacial score (nSPS) is 12.8. The van der Waals surface area contributed by atoms with Gasteiger partial charge >= 0.3 is 5.97 Å². The van der Waals surface area contributed by atoms with Crippen molar-refractivity contribution >= 4 is 17.7 Å². The Morgan fingerprint density at radius 2 is 2.00 bits per heavy atom. The van der Waals surface area contributed by atoms with Crippen LogP contribution in [0.3, 0.4) is 0 Å². The molecule has 0 saturated heterocycles. The maximum absolute atomic E-state index is 10.8. The zero-order valence-corrected chi connectivity index (χ0v) is 10.0. The molecule has 82 valence electrons. The number of benzene rings is 1. The molecule has 0 heterocycles. The summed E-state index contributed by atoms with van der Waals surface area (Å²) < 4.78 is 0. The van der Waals surface area contributed by atoms with Gasteiger partial charge in [0.15, 0.2) is 0 Å². The van der Waals surface area contributed by atoms with Crippen LogP contribution in [0.1, 0.15) is 31.1 Å². The first kappa shape index (κ1) is 12.1. The molecule has 1 atom stereocenters. The zero-order valence-electron chi connectivity index (χ0n) is 9.23. The summed E-state index contributed by atoms with van der Waals surface area (Å²) in [5.74, 6) is -0.280. The highest BCUT2D eigenvalue weighted by Gasteiger charge is 2.10. The minimum atomic E-state index is -0.866. The van der Waals surface area contributed by atoms with Gasteiger partial charge in [0.1, 0.15) is 0 Å². The van der Waals surface area contributed by atoms with E-state index in [1.54, 1.807) is 30.0 Å². The topological polar surface area (TPSA) is 37.3 Å². The van der Waals surface area contributed by atoms with Crippen molar-refractivity contribution in [2.45, 2.75) is 30.9 Å². The molecule has 0 aliphatic rings. The zero-order chi connectivity index (χ0) is 11.4. The molecule has 3 heteroatoms. The van der Waals surface area contributed by atoms with Crippen molar-refractivity contribution in [3.63, 3.8) is 0 Å². The summed E-state index contributed by atoms with van der Waals surface area (Å²) in [6, 6.07) is 7.09. The Bertz CT molecular complexity index is 347. The molecular weight excluding hydrogens is 208 g/mol. The largest absolute Gasteiger partial charge is 0.478 e. The van der Waals surface area contributed by atoms with Gasteiger partial charge in [0.2, 0.25) is 0 Å². The molecular formula is C12H16O2S. The predicted octanol–water partition coefficient (Wildman–Crippen LogP) is 3.52. The van der Waals surface area contributed by atoms with E-state index >= 15 is 0 Å². The Morgan fingerprint density at radius 3 is 2.53 bits per heavy atom. The monoisotopic (exact) mass is 224 g/mol. The maximum atomic E-state index is 10.8. The van der Waals surface area contributed by atoms with Gasteiger partial charge in [-0.05, 0) is 24.1 Å². The summed E-state index contributed by atoms with van der Waals surface area (Å²) >= 11 is 1.72. The first-order valence-electron chi connectivity index (χ1n) is 5.00. The van der Waals surface area contributed by atoms with E-state index in [4.69, 9.17) is 5.11 Å². The van der Waals surface area contributed by atoms with E-state index in [0.717, 1.165) is 4.90 Å². The average Bonchev–Trinajstić information content (AvgIpc) is 2.18. The van der Waals surface area contributed by atoms with E-state index < -0.39 is 5.97 Å². The summed E-state index contributed by atoms with van der Waals surface area (Å²) in [5.41, 5.74) is 0.357. The number of carboxylic acids is 1. The first-order valence-corrected chi connectivity index (χ1v) is 5.88. The van der Waals surface area contributed by atoms with Gasteiger partial charge in [-0.2, -0.15) is 0 Å². The van der Waals surface area contributed by atoms with Gasteiger partial charge in [-0.1, -0.05) is 26.8 Å².